The van der Waals surface area contributed by atoms with E-state index in [9.17, 15) is 13.2 Å². The summed E-state index contributed by atoms with van der Waals surface area (Å²) in [4.78, 5) is 13.4. The van der Waals surface area contributed by atoms with Crippen LogP contribution in [-0.2, 0) is 14.8 Å². The van der Waals surface area contributed by atoms with Crippen molar-refractivity contribution >= 4 is 15.9 Å². The number of piperidine rings is 1. The van der Waals surface area contributed by atoms with Crippen LogP contribution < -0.4 is 14.8 Å². The highest BCUT2D eigenvalue weighted by atomic mass is 32.2. The molecular formula is C24H32N2O5S. The second-order valence-corrected chi connectivity index (χ2v) is 12.6. The largest absolute Gasteiger partial charge is 0.486 e. The molecule has 174 valence electrons. The number of hydrogen-bond donors (Lipinski definition) is 1. The number of nitrogens with one attached hydrogen (secondary N) is 1. The monoisotopic (exact) mass is 460 g/mol. The summed E-state index contributed by atoms with van der Waals surface area (Å²) >= 11 is 0. The number of amides is 1. The summed E-state index contributed by atoms with van der Waals surface area (Å²) in [6, 6.07) is 4.79. The lowest BCUT2D eigenvalue weighted by atomic mass is 9.53. The van der Waals surface area contributed by atoms with Crippen LogP contribution in [0.25, 0.3) is 0 Å². The van der Waals surface area contributed by atoms with Gasteiger partial charge in [-0.05, 0) is 81.3 Å². The molecule has 0 radical (unpaired) electrons. The number of hydrogen-bond acceptors (Lipinski definition) is 5. The molecule has 1 N–H and O–H groups in total. The van der Waals surface area contributed by atoms with Crippen LogP contribution in [0.3, 0.4) is 0 Å². The van der Waals surface area contributed by atoms with Gasteiger partial charge in [0.1, 0.15) is 13.2 Å². The summed E-state index contributed by atoms with van der Waals surface area (Å²) in [7, 11) is -3.62. The van der Waals surface area contributed by atoms with Crippen LogP contribution >= 0.6 is 0 Å². The Morgan fingerprint density at radius 1 is 0.938 bits per heavy atom. The smallest absolute Gasteiger partial charge is 0.243 e. The van der Waals surface area contributed by atoms with E-state index in [-0.39, 0.29) is 22.3 Å². The molecule has 4 aliphatic carbocycles. The first-order valence-electron chi connectivity index (χ1n) is 12.1. The quantitative estimate of drug-likeness (QED) is 0.747. The van der Waals surface area contributed by atoms with Crippen LogP contribution in [-0.4, -0.2) is 50.5 Å². The molecule has 1 aromatic carbocycles. The van der Waals surface area contributed by atoms with E-state index >= 15 is 0 Å². The first-order chi connectivity index (χ1) is 15.4. The van der Waals surface area contributed by atoms with Gasteiger partial charge in [-0.2, -0.15) is 4.31 Å². The van der Waals surface area contributed by atoms with E-state index in [1.165, 1.54) is 23.6 Å². The molecule has 5 fully saturated rings. The van der Waals surface area contributed by atoms with E-state index in [0.717, 1.165) is 37.0 Å². The topological polar surface area (TPSA) is 84.9 Å². The zero-order chi connectivity index (χ0) is 21.9. The molecule has 2 heterocycles. The Hall–Kier alpha value is -1.80. The van der Waals surface area contributed by atoms with Crippen molar-refractivity contribution in [3.05, 3.63) is 18.2 Å². The molecule has 4 saturated carbocycles. The highest BCUT2D eigenvalue weighted by molar-refractivity contribution is 7.89. The fourth-order valence-electron chi connectivity index (χ4n) is 7.32. The molecule has 0 spiro atoms. The minimum atomic E-state index is -3.62. The number of benzene rings is 1. The van der Waals surface area contributed by atoms with Crippen LogP contribution in [0.15, 0.2) is 23.1 Å². The minimum absolute atomic E-state index is 0.0141. The third-order valence-electron chi connectivity index (χ3n) is 8.40. The number of fused-ring (bicyclic) bond motifs is 1. The third kappa shape index (κ3) is 3.59. The molecule has 0 unspecified atom stereocenters. The van der Waals surface area contributed by atoms with Crippen LogP contribution in [0.4, 0.5) is 0 Å². The molecule has 0 atom stereocenters. The summed E-state index contributed by atoms with van der Waals surface area (Å²) in [6.07, 6.45) is 8.62. The summed E-state index contributed by atoms with van der Waals surface area (Å²) in [5, 5.41) is 3.48. The van der Waals surface area contributed by atoms with E-state index < -0.39 is 10.0 Å². The second kappa shape index (κ2) is 7.62. The van der Waals surface area contributed by atoms with Gasteiger partial charge in [0.25, 0.3) is 0 Å². The zero-order valence-corrected chi connectivity index (χ0v) is 19.2. The van der Waals surface area contributed by atoms with Crippen molar-refractivity contribution in [2.75, 3.05) is 26.3 Å². The van der Waals surface area contributed by atoms with Crippen molar-refractivity contribution in [1.29, 1.82) is 0 Å². The predicted octanol–water partition coefficient (Wildman–Crippen LogP) is 2.94. The molecule has 32 heavy (non-hydrogen) atoms. The maximum Gasteiger partial charge on any atom is 0.243 e. The average Bonchev–Trinajstić information content (AvgIpc) is 2.77. The highest BCUT2D eigenvalue weighted by Gasteiger charge is 2.52. The second-order valence-electron chi connectivity index (χ2n) is 10.7. The van der Waals surface area contributed by atoms with Gasteiger partial charge in [0.2, 0.25) is 15.9 Å². The number of carbonyl (C=O) groups excluding carboxylic acids is 1. The van der Waals surface area contributed by atoms with Crippen LogP contribution in [0.5, 0.6) is 11.5 Å². The zero-order valence-electron chi connectivity index (χ0n) is 18.4. The summed E-state index contributed by atoms with van der Waals surface area (Å²) in [5.41, 5.74) is 0.0141. The van der Waals surface area contributed by atoms with E-state index in [2.05, 4.69) is 5.32 Å². The van der Waals surface area contributed by atoms with Crippen molar-refractivity contribution in [3.63, 3.8) is 0 Å². The lowest BCUT2D eigenvalue weighted by Crippen LogP contribution is -2.61. The first-order valence-corrected chi connectivity index (χ1v) is 13.6. The Labute approximate surface area is 189 Å². The fraction of sp³-hybridized carbons (Fsp3) is 0.708. The predicted molar refractivity (Wildman–Crippen MR) is 118 cm³/mol. The molecule has 2 aliphatic heterocycles. The van der Waals surface area contributed by atoms with Gasteiger partial charge >= 0.3 is 0 Å². The average molecular weight is 461 g/mol. The molecule has 1 saturated heterocycles. The first kappa shape index (κ1) is 20.8. The molecule has 7 rings (SSSR count). The van der Waals surface area contributed by atoms with Gasteiger partial charge in [-0.25, -0.2) is 8.42 Å². The standard InChI is InChI=1S/C24H32N2O5S/c27-23(25-24-13-16-9-17(14-24)11-18(10-16)15-24)19-3-5-26(6-4-19)32(28,29)20-1-2-21-22(12-20)31-8-7-30-21/h1-2,12,16-19H,3-11,13-15H2,(H,25,27). The van der Waals surface area contributed by atoms with Gasteiger partial charge in [-0.3, -0.25) is 4.79 Å². The molecular weight excluding hydrogens is 428 g/mol. The van der Waals surface area contributed by atoms with Crippen LogP contribution in [0.1, 0.15) is 51.4 Å². The summed E-state index contributed by atoms with van der Waals surface area (Å²) < 4.78 is 38.9. The molecule has 6 aliphatic rings. The Bertz CT molecular complexity index is 980. The highest BCUT2D eigenvalue weighted by Crippen LogP contribution is 2.55. The number of ether oxygens (including phenoxy) is 2. The van der Waals surface area contributed by atoms with Crippen LogP contribution in [0.2, 0.25) is 0 Å². The van der Waals surface area contributed by atoms with Gasteiger partial charge in [-0.1, -0.05) is 0 Å². The van der Waals surface area contributed by atoms with Gasteiger partial charge in [0, 0.05) is 30.6 Å². The van der Waals surface area contributed by atoms with E-state index in [0.29, 0.717) is 50.6 Å². The number of nitrogens with zero attached hydrogens (tertiary/aromatic N) is 1. The lowest BCUT2D eigenvalue weighted by molar-refractivity contribution is -0.132. The minimum Gasteiger partial charge on any atom is -0.486 e. The van der Waals surface area contributed by atoms with Crippen molar-refractivity contribution in [3.8, 4) is 11.5 Å². The van der Waals surface area contributed by atoms with Crippen molar-refractivity contribution in [1.82, 2.24) is 9.62 Å². The lowest BCUT2D eigenvalue weighted by Gasteiger charge is -2.57. The molecule has 1 aromatic rings. The number of sulfonamides is 1. The SMILES string of the molecule is O=C(NC12CC3CC(CC(C3)C1)C2)C1CCN(S(=O)(=O)c2ccc3c(c2)OCCO3)CC1. The van der Waals surface area contributed by atoms with Crippen molar-refractivity contribution in [2.24, 2.45) is 23.7 Å². The fourth-order valence-corrected chi connectivity index (χ4v) is 8.80. The van der Waals surface area contributed by atoms with Crippen molar-refractivity contribution < 1.29 is 22.7 Å². The molecule has 4 bridgehead atoms. The Balaban J connectivity index is 1.09. The van der Waals surface area contributed by atoms with E-state index in [1.807, 2.05) is 0 Å². The van der Waals surface area contributed by atoms with E-state index in [4.69, 9.17) is 9.47 Å². The van der Waals surface area contributed by atoms with Gasteiger partial charge < -0.3 is 14.8 Å². The van der Waals surface area contributed by atoms with Crippen molar-refractivity contribution in [2.45, 2.75) is 61.8 Å². The Kier molecular flexibility index (Phi) is 4.95. The molecule has 1 amide bonds. The van der Waals surface area contributed by atoms with E-state index in [1.54, 1.807) is 18.2 Å². The normalized spacial score (nSPS) is 34.4. The summed E-state index contributed by atoms with van der Waals surface area (Å²) in [6.45, 7) is 1.63. The van der Waals surface area contributed by atoms with Gasteiger partial charge in [0.05, 0.1) is 4.90 Å². The Morgan fingerprint density at radius 2 is 1.53 bits per heavy atom. The summed E-state index contributed by atoms with van der Waals surface area (Å²) in [5.74, 6) is 3.47. The maximum atomic E-state index is 13.2. The molecule has 8 heteroatoms. The number of carbonyl (C=O) groups is 1. The third-order valence-corrected chi connectivity index (χ3v) is 10.3. The van der Waals surface area contributed by atoms with Crippen LogP contribution in [0, 0.1) is 23.7 Å². The van der Waals surface area contributed by atoms with Gasteiger partial charge in [-0.15, -0.1) is 0 Å². The Morgan fingerprint density at radius 3 is 2.16 bits per heavy atom. The molecule has 7 nitrogen and oxygen atoms in total. The molecule has 0 aromatic heterocycles. The van der Waals surface area contributed by atoms with Gasteiger partial charge in [0.15, 0.2) is 11.5 Å². The number of rotatable bonds is 4. The maximum absolute atomic E-state index is 13.2.